The largest absolute Gasteiger partial charge is 0.444 e. The lowest BCUT2D eigenvalue weighted by atomic mass is 9.97. The van der Waals surface area contributed by atoms with Gasteiger partial charge in [-0.15, -0.1) is 12.4 Å². The summed E-state index contributed by atoms with van der Waals surface area (Å²) in [5, 5.41) is 26.7. The molecule has 7 aromatic rings. The Bertz CT molecular complexity index is 5940. The van der Waals surface area contributed by atoms with Crippen LogP contribution >= 0.6 is 90.7 Å². The molecule has 0 radical (unpaired) electrons. The van der Waals surface area contributed by atoms with E-state index >= 15 is 0 Å². The molecule has 3 saturated carbocycles. The number of Topliss-reactive ketones (excluding diaryl/α,β-unsaturated/α-hetero) is 1. The van der Waals surface area contributed by atoms with E-state index in [4.69, 9.17) is 72.1 Å². The van der Waals surface area contributed by atoms with Crippen molar-refractivity contribution >= 4 is 202 Å². The predicted octanol–water partition coefficient (Wildman–Crippen LogP) is 9.97. The fourth-order valence-electron chi connectivity index (χ4n) is 14.8. The molecule has 4 saturated heterocycles. The SMILES string of the molecule is CC(C)(C)OC(=O)N1CCC(=O)CC1.CC(C)(C)OC(=O)N1CCC2(CC1)NC(=O)c1c(Cl)cc(Br)c(=O)n12.CC(C)(C)OC(=O)N1CCC2(CC1)NC(=O)c1c(Cl)cc(Nc3cc(NC(=O)C4CC4)ncn3)c(=O)n12.Cl.NC(=O)c1[nH]c(=O)c(Br)cc1Cl.Nc1cc(NC(=O)C2CC2)ncn1.O=C1NC2(CCNCC2)n2c1c(Cl)cc(Nc1cc(NC(=O)C3CC3)ncn1)c2=O. The van der Waals surface area contributed by atoms with Gasteiger partial charge in [-0.05, 0) is 170 Å². The smallest absolute Gasteiger partial charge is 0.410 e. The van der Waals surface area contributed by atoms with Gasteiger partial charge in [-0.25, -0.2) is 44.3 Å². The molecule has 42 nitrogen and oxygen atoms in total. The monoisotopic (exact) mass is 2050 g/mol. The third-order valence-electron chi connectivity index (χ3n) is 21.6. The van der Waals surface area contributed by atoms with Crippen molar-refractivity contribution in [2.24, 2.45) is 23.5 Å². The number of nitrogen functional groups attached to an aromatic ring is 1. The van der Waals surface area contributed by atoms with Crippen molar-refractivity contribution < 1.29 is 67.0 Å². The first-order chi connectivity index (χ1) is 61.6. The zero-order valence-electron chi connectivity index (χ0n) is 73.1. The molecule has 3 aliphatic carbocycles. The topological polar surface area (TPSA) is 562 Å². The molecule has 14 heterocycles. The average molecular weight is 2060 g/mol. The van der Waals surface area contributed by atoms with Crippen LogP contribution in [0.4, 0.5) is 60.7 Å². The number of ketones is 1. The van der Waals surface area contributed by atoms with Gasteiger partial charge in [0.1, 0.15) is 128 Å². The molecular formula is C83H99Br2Cl5N24O18. The van der Waals surface area contributed by atoms with Crippen LogP contribution in [0.15, 0.2) is 89.6 Å². The number of rotatable bonds is 11. The van der Waals surface area contributed by atoms with E-state index in [0.29, 0.717) is 124 Å². The molecule has 708 valence electrons. The molecule has 3 spiro atoms. The number of aromatic amines is 1. The lowest BCUT2D eigenvalue weighted by Gasteiger charge is -2.40. The molecule has 10 aliphatic rings. The number of nitrogens with one attached hydrogen (secondary N) is 10. The van der Waals surface area contributed by atoms with Gasteiger partial charge in [0.05, 0.1) is 29.0 Å². The van der Waals surface area contributed by atoms with Crippen LogP contribution in [0.5, 0.6) is 0 Å². The summed E-state index contributed by atoms with van der Waals surface area (Å²) in [6, 6.07) is 10.2. The quantitative estimate of drug-likeness (QED) is 0.0536. The fourth-order valence-corrected chi connectivity index (χ4v) is 16.8. The molecule has 7 aliphatic heterocycles. The second-order valence-electron chi connectivity index (χ2n) is 35.2. The Labute approximate surface area is 797 Å². The lowest BCUT2D eigenvalue weighted by molar-refractivity contribution is -0.121. The number of ether oxygens (including phenoxy) is 3. The minimum atomic E-state index is -1.03. The fraction of sp³-hybridized carbons (Fsp3) is 0.482. The number of carbonyl (C=O) groups is 11. The Morgan fingerprint density at radius 2 is 0.765 bits per heavy atom. The van der Waals surface area contributed by atoms with Crippen molar-refractivity contribution in [1.82, 2.24) is 84.6 Å². The number of aromatic nitrogens is 10. The van der Waals surface area contributed by atoms with E-state index in [1.54, 1.807) is 47.6 Å². The van der Waals surface area contributed by atoms with Crippen LogP contribution in [0.2, 0.25) is 20.1 Å². The number of H-pyrrole nitrogens is 1. The maximum Gasteiger partial charge on any atom is 0.410 e. The Balaban J connectivity index is 0.000000160. The number of primary amides is 1. The van der Waals surface area contributed by atoms with Crippen LogP contribution in [-0.4, -0.2) is 198 Å². The van der Waals surface area contributed by atoms with Crippen LogP contribution in [0.25, 0.3) is 0 Å². The highest BCUT2D eigenvalue weighted by molar-refractivity contribution is 9.10. The van der Waals surface area contributed by atoms with Gasteiger partial charge >= 0.3 is 18.3 Å². The number of nitrogens with zero attached hydrogens (tertiary/aromatic N) is 12. The number of piperidine rings is 4. The Morgan fingerprint density at radius 1 is 0.439 bits per heavy atom. The van der Waals surface area contributed by atoms with E-state index in [1.807, 2.05) is 41.5 Å². The van der Waals surface area contributed by atoms with E-state index in [1.165, 1.54) is 63.0 Å². The van der Waals surface area contributed by atoms with Crippen molar-refractivity contribution in [1.29, 1.82) is 0 Å². The molecule has 10 amide bonds. The second-order valence-corrected chi connectivity index (χ2v) is 38.6. The van der Waals surface area contributed by atoms with Gasteiger partial charge in [0.2, 0.25) is 17.7 Å². The van der Waals surface area contributed by atoms with Crippen LogP contribution in [0.3, 0.4) is 0 Å². The Hall–Kier alpha value is -11.4. The number of carbonyl (C=O) groups excluding carboxylic acids is 11. The van der Waals surface area contributed by atoms with Crippen LogP contribution < -0.4 is 81.6 Å². The normalized spacial score (nSPS) is 17.4. The van der Waals surface area contributed by atoms with Crippen LogP contribution in [0.1, 0.15) is 194 Å². The summed E-state index contributed by atoms with van der Waals surface area (Å²) in [7, 11) is 0. The molecule has 49 heteroatoms. The third kappa shape index (κ3) is 25.1. The molecule has 7 aromatic heterocycles. The molecule has 17 rings (SSSR count). The van der Waals surface area contributed by atoms with E-state index in [9.17, 15) is 71.9 Å². The minimum absolute atomic E-state index is 0. The predicted molar refractivity (Wildman–Crippen MR) is 496 cm³/mol. The highest BCUT2D eigenvalue weighted by Crippen LogP contribution is 2.41. The van der Waals surface area contributed by atoms with Crippen LogP contribution in [-0.2, 0) is 50.4 Å². The summed E-state index contributed by atoms with van der Waals surface area (Å²) in [5.74, 6) is 0.485. The van der Waals surface area contributed by atoms with Crippen molar-refractivity contribution in [2.45, 2.75) is 186 Å². The number of hydrogen-bond donors (Lipinski definition) is 12. The van der Waals surface area contributed by atoms with Gasteiger partial charge in [-0.2, -0.15) is 0 Å². The summed E-state index contributed by atoms with van der Waals surface area (Å²) in [4.78, 5) is 212. The Kier molecular flexibility index (Phi) is 31.7. The molecule has 14 N–H and O–H groups in total. The number of halogens is 7. The number of pyridine rings is 4. The van der Waals surface area contributed by atoms with Crippen LogP contribution in [0, 0.1) is 17.8 Å². The van der Waals surface area contributed by atoms with Gasteiger partial charge < -0.3 is 93.2 Å². The summed E-state index contributed by atoms with van der Waals surface area (Å²) in [6.45, 7) is 19.9. The number of anilines is 8. The number of fused-ring (bicyclic) bond motifs is 6. The highest BCUT2D eigenvalue weighted by atomic mass is 79.9. The summed E-state index contributed by atoms with van der Waals surface area (Å²) in [6.07, 6.45) is 11.7. The van der Waals surface area contributed by atoms with E-state index in [2.05, 4.69) is 115 Å². The number of nitrogens with two attached hydrogens (primary N) is 2. The van der Waals surface area contributed by atoms with Crippen molar-refractivity contribution in [3.63, 3.8) is 0 Å². The molecular weight excluding hydrogens is 1960 g/mol. The van der Waals surface area contributed by atoms with Gasteiger partial charge in [-0.1, -0.05) is 46.4 Å². The average Bonchev–Trinajstić information content (AvgIpc) is 1.58. The van der Waals surface area contributed by atoms with Gasteiger partial charge in [0, 0.05) is 127 Å². The maximum atomic E-state index is 13.6. The zero-order valence-corrected chi connectivity index (χ0v) is 80.1. The first kappa shape index (κ1) is 101. The second kappa shape index (κ2) is 41.4. The lowest BCUT2D eigenvalue weighted by Crippen LogP contribution is -2.56. The summed E-state index contributed by atoms with van der Waals surface area (Å²) in [5.41, 5.74) is 5.05. The first-order valence-electron chi connectivity index (χ1n) is 41.9. The Morgan fingerprint density at radius 3 is 1.12 bits per heavy atom. The molecule has 0 aromatic carbocycles. The van der Waals surface area contributed by atoms with Gasteiger partial charge in [-0.3, -0.25) is 71.2 Å². The van der Waals surface area contributed by atoms with E-state index < -0.39 is 68.9 Å². The molecule has 132 heavy (non-hydrogen) atoms. The zero-order chi connectivity index (χ0) is 95.3. The first-order valence-corrected chi connectivity index (χ1v) is 45.0. The van der Waals surface area contributed by atoms with Gasteiger partial charge in [0.25, 0.3) is 45.9 Å². The van der Waals surface area contributed by atoms with Gasteiger partial charge in [0.15, 0.2) is 0 Å². The van der Waals surface area contributed by atoms with Crippen molar-refractivity contribution in [3.8, 4) is 0 Å². The molecule has 0 unspecified atom stereocenters. The summed E-state index contributed by atoms with van der Waals surface area (Å²) < 4.78 is 20.9. The number of hydrogen-bond acceptors (Lipinski definition) is 28. The number of likely N-dealkylation sites (tertiary alicyclic amines) is 3. The van der Waals surface area contributed by atoms with E-state index in [-0.39, 0.29) is 160 Å². The van der Waals surface area contributed by atoms with Crippen molar-refractivity contribution in [3.05, 3.63) is 155 Å². The van der Waals surface area contributed by atoms with Crippen molar-refractivity contribution in [2.75, 3.05) is 84.7 Å². The standard InChI is InChI=1S/C24H28ClN7O5.C19H20ClN7O3.C16H19BrClN3O4.C10H17NO3.C8H10N4O.C6H4BrClN2O2.ClH/c1-23(2,3)37-22(36)31-8-6-24(7-9-31)30-20(34)18-14(25)10-15(21(35)32(18)24)28-16-11-17(27-12-26-16)29-19(33)13-4-5-13;20-11-7-12(24-13-8-14(23-9-22-13)25-16(28)10-1-2-10)18(30)27-15(11)17(29)26-19(27)3-5-21-6-4-19;1-15(2,3)25-14(24)20-6-4-16(5-7-20)19-12(22)11-10(18)8-9(17)13(23)21(11)16;1-10(2,3)14-9(13)11-6-4-8(12)5-7-11;9-6-3-7(11-4-10-6)12-8(13)5-1-2-5;7-2-1-3(8)4(5(9)11)10-6(2)12;/h10-13H,4-9H2,1-3H3,(H,30,34)(H2,26,27,28,29,33);7-10,21H,1-6H2,(H,26,29)(H2,22,23,24,25,28);8H,4-7H2,1-3H3,(H,19,22);4-7H2,1-3H3;3-5H,1-2H2,(H3,9,10,11,12,13);1H,(H2,9,11)(H,10,12);1H. The minimum Gasteiger partial charge on any atom is -0.444 e. The van der Waals surface area contributed by atoms with E-state index in [0.717, 1.165) is 38.5 Å². The highest BCUT2D eigenvalue weighted by Gasteiger charge is 2.51. The molecule has 0 atom stereocenters. The summed E-state index contributed by atoms with van der Waals surface area (Å²) >= 11 is 30.8. The molecule has 0 bridgehead atoms. The third-order valence-corrected chi connectivity index (χ3v) is 23.9. The maximum absolute atomic E-state index is 13.6. The molecule has 7 fully saturated rings. The number of amides is 10.